The molecule has 130 valence electrons. The highest BCUT2D eigenvalue weighted by Crippen LogP contribution is 2.46. The van der Waals surface area contributed by atoms with Crippen molar-refractivity contribution in [2.45, 2.75) is 48.0 Å². The van der Waals surface area contributed by atoms with E-state index in [2.05, 4.69) is 61.9 Å². The van der Waals surface area contributed by atoms with Gasteiger partial charge < -0.3 is 0 Å². The summed E-state index contributed by atoms with van der Waals surface area (Å²) in [5.74, 6) is 3.99. The van der Waals surface area contributed by atoms with Crippen LogP contribution in [-0.2, 0) is 18.4 Å². The Bertz CT molecular complexity index is 342. The van der Waals surface area contributed by atoms with Crippen LogP contribution < -0.4 is 0 Å². The van der Waals surface area contributed by atoms with E-state index in [0.29, 0.717) is 36.2 Å². The van der Waals surface area contributed by atoms with Crippen molar-refractivity contribution >= 4 is 12.3 Å². The molecular formula is C17H32O4S. The Hall–Kier alpha value is -0.0700. The van der Waals surface area contributed by atoms with E-state index in [0.717, 1.165) is 24.7 Å². The number of hydrogen-bond donors (Lipinski definition) is 0. The minimum absolute atomic E-state index is 0.560. The largest absolute Gasteiger partial charge is 0.285 e. The lowest BCUT2D eigenvalue weighted by Crippen LogP contribution is -2.38. The molecule has 0 aromatic heterocycles. The van der Waals surface area contributed by atoms with E-state index in [1.807, 2.05) is 0 Å². The Kier molecular flexibility index (Phi) is 9.02. The van der Waals surface area contributed by atoms with Gasteiger partial charge in [-0.15, -0.1) is 4.33 Å². The van der Waals surface area contributed by atoms with Crippen molar-refractivity contribution in [2.75, 3.05) is 13.7 Å². The van der Waals surface area contributed by atoms with Gasteiger partial charge in [0.2, 0.25) is 0 Å². The molecule has 0 aromatic carbocycles. The van der Waals surface area contributed by atoms with Gasteiger partial charge in [0.05, 0.1) is 13.7 Å². The number of rotatable bonds is 9. The molecule has 0 radical (unpaired) electrons. The topological polar surface area (TPSA) is 36.9 Å². The molecule has 0 bridgehead atoms. The first-order chi connectivity index (χ1) is 10.4. The summed E-state index contributed by atoms with van der Waals surface area (Å²) in [6.45, 7) is 14.6. The average Bonchev–Trinajstić information content (AvgIpc) is 2.45. The minimum Gasteiger partial charge on any atom is -0.285 e. The van der Waals surface area contributed by atoms with Crippen LogP contribution in [0.25, 0.3) is 0 Å². The second kappa shape index (κ2) is 9.93. The van der Waals surface area contributed by atoms with Crippen LogP contribution in [0.15, 0.2) is 11.6 Å². The van der Waals surface area contributed by atoms with Gasteiger partial charge in [-0.25, -0.2) is 4.89 Å². The molecule has 1 aliphatic rings. The first-order valence-corrected chi connectivity index (χ1v) is 8.91. The summed E-state index contributed by atoms with van der Waals surface area (Å²) in [4.78, 5) is 4.34. The molecule has 3 atom stereocenters. The fourth-order valence-corrected chi connectivity index (χ4v) is 4.20. The summed E-state index contributed by atoms with van der Waals surface area (Å²) in [7, 11) is 1.39. The maximum Gasteiger partial charge on any atom is 0.197 e. The second-order valence-corrected chi connectivity index (χ2v) is 7.65. The summed E-state index contributed by atoms with van der Waals surface area (Å²) >= 11 is 0.814. The Labute approximate surface area is 140 Å². The molecule has 5 heteroatoms. The summed E-state index contributed by atoms with van der Waals surface area (Å²) in [6.07, 6.45) is 3.52. The Morgan fingerprint density at radius 1 is 1.09 bits per heavy atom. The second-order valence-electron chi connectivity index (χ2n) is 7.15. The monoisotopic (exact) mass is 332 g/mol. The van der Waals surface area contributed by atoms with E-state index < -0.39 is 0 Å². The molecular weight excluding hydrogens is 300 g/mol. The minimum atomic E-state index is 0.560. The van der Waals surface area contributed by atoms with Crippen LogP contribution in [0.2, 0.25) is 0 Å². The molecule has 0 aliphatic heterocycles. The zero-order valence-corrected chi connectivity index (χ0v) is 15.8. The molecule has 0 amide bonds. The third-order valence-corrected chi connectivity index (χ3v) is 5.06. The molecule has 0 saturated heterocycles. The van der Waals surface area contributed by atoms with Crippen molar-refractivity contribution in [3.8, 4) is 0 Å². The lowest BCUT2D eigenvalue weighted by atomic mass is 9.61. The van der Waals surface area contributed by atoms with E-state index in [4.69, 9.17) is 4.18 Å². The molecule has 0 N–H and O–H groups in total. The Morgan fingerprint density at radius 3 is 2.27 bits per heavy atom. The van der Waals surface area contributed by atoms with Crippen molar-refractivity contribution in [3.05, 3.63) is 11.6 Å². The maximum atomic E-state index is 5.50. The third kappa shape index (κ3) is 5.53. The molecule has 0 spiro atoms. The highest BCUT2D eigenvalue weighted by atomic mass is 32.2. The molecule has 1 aliphatic carbocycles. The van der Waals surface area contributed by atoms with E-state index in [9.17, 15) is 0 Å². The molecule has 0 aromatic rings. The van der Waals surface area contributed by atoms with Gasteiger partial charge >= 0.3 is 0 Å². The zero-order chi connectivity index (χ0) is 16.7. The molecule has 0 fully saturated rings. The smallest absolute Gasteiger partial charge is 0.197 e. The van der Waals surface area contributed by atoms with Crippen LogP contribution >= 0.6 is 12.3 Å². The average molecular weight is 333 g/mol. The van der Waals surface area contributed by atoms with E-state index >= 15 is 0 Å². The van der Waals surface area contributed by atoms with Crippen LogP contribution in [0, 0.1) is 35.5 Å². The van der Waals surface area contributed by atoms with Gasteiger partial charge in [-0.2, -0.15) is 0 Å². The molecule has 22 heavy (non-hydrogen) atoms. The first kappa shape index (κ1) is 20.0. The summed E-state index contributed by atoms with van der Waals surface area (Å²) in [6, 6.07) is 0. The molecule has 2 unspecified atom stereocenters. The van der Waals surface area contributed by atoms with Crippen molar-refractivity contribution in [3.63, 3.8) is 0 Å². The maximum absolute atomic E-state index is 5.50. The van der Waals surface area contributed by atoms with Crippen LogP contribution in [0.5, 0.6) is 0 Å². The van der Waals surface area contributed by atoms with Gasteiger partial charge in [0.1, 0.15) is 0 Å². The van der Waals surface area contributed by atoms with Crippen molar-refractivity contribution < 1.29 is 18.4 Å². The van der Waals surface area contributed by atoms with Gasteiger partial charge in [0.15, 0.2) is 12.3 Å². The van der Waals surface area contributed by atoms with Gasteiger partial charge in [-0.1, -0.05) is 52.7 Å². The standard InChI is InChI=1S/C17H32O4S/c1-11(2)15-9-8-14(10-19-22-21-20-18-7)16(12(3)4)17(15)13(5)6/h8,11-13,15-17H,9-10H2,1-7H3/t15-,16?,17?/m1/s1. The SMILES string of the molecule is COOOSOCC1=CC[C@H](C(C)C)C(C(C)C)C1C(C)C. The zero-order valence-electron chi connectivity index (χ0n) is 15.0. The molecule has 0 saturated carbocycles. The lowest BCUT2D eigenvalue weighted by molar-refractivity contribution is -0.449. The summed E-state index contributed by atoms with van der Waals surface area (Å²) in [5.41, 5.74) is 1.39. The van der Waals surface area contributed by atoms with Crippen LogP contribution in [0.4, 0.5) is 0 Å². The normalized spacial score (nSPS) is 26.1. The van der Waals surface area contributed by atoms with Crippen LogP contribution in [0.3, 0.4) is 0 Å². The van der Waals surface area contributed by atoms with Gasteiger partial charge in [-0.3, -0.25) is 4.18 Å². The number of hydrogen-bond acceptors (Lipinski definition) is 5. The van der Waals surface area contributed by atoms with E-state index in [-0.39, 0.29) is 0 Å². The third-order valence-electron chi connectivity index (χ3n) is 4.73. The van der Waals surface area contributed by atoms with Gasteiger partial charge in [0.25, 0.3) is 0 Å². The molecule has 0 heterocycles. The van der Waals surface area contributed by atoms with Crippen molar-refractivity contribution in [1.82, 2.24) is 0 Å². The predicted molar refractivity (Wildman–Crippen MR) is 90.4 cm³/mol. The Balaban J connectivity index is 2.77. The molecule has 1 rings (SSSR count). The van der Waals surface area contributed by atoms with Crippen LogP contribution in [0.1, 0.15) is 48.0 Å². The lowest BCUT2D eigenvalue weighted by Gasteiger charge is -2.44. The highest BCUT2D eigenvalue weighted by Gasteiger charge is 2.39. The fourth-order valence-electron chi connectivity index (χ4n) is 3.90. The summed E-state index contributed by atoms with van der Waals surface area (Å²) in [5, 5.41) is 4.32. The van der Waals surface area contributed by atoms with Crippen molar-refractivity contribution in [1.29, 1.82) is 0 Å². The Morgan fingerprint density at radius 2 is 1.77 bits per heavy atom. The highest BCUT2D eigenvalue weighted by molar-refractivity contribution is 7.89. The van der Waals surface area contributed by atoms with E-state index in [1.54, 1.807) is 0 Å². The quantitative estimate of drug-likeness (QED) is 0.190. The molecule has 4 nitrogen and oxygen atoms in total. The van der Waals surface area contributed by atoms with Gasteiger partial charge in [0, 0.05) is 0 Å². The fraction of sp³-hybridized carbons (Fsp3) is 0.882. The number of allylic oxidation sites excluding steroid dienone is 1. The predicted octanol–water partition coefficient (Wildman–Crippen LogP) is 5.22. The van der Waals surface area contributed by atoms with E-state index in [1.165, 1.54) is 12.7 Å². The van der Waals surface area contributed by atoms with Crippen molar-refractivity contribution in [2.24, 2.45) is 35.5 Å². The first-order valence-electron chi connectivity index (χ1n) is 8.24. The van der Waals surface area contributed by atoms with Gasteiger partial charge in [-0.05, 0) is 47.5 Å². The van der Waals surface area contributed by atoms with Crippen LogP contribution in [-0.4, -0.2) is 13.7 Å². The summed E-state index contributed by atoms with van der Waals surface area (Å²) < 4.78 is 10.1.